The van der Waals surface area contributed by atoms with Crippen molar-refractivity contribution in [2.45, 2.75) is 0 Å². The highest BCUT2D eigenvalue weighted by Crippen LogP contribution is 2.09. The molecule has 3 heteroatoms. The molecule has 0 radical (unpaired) electrons. The summed E-state index contributed by atoms with van der Waals surface area (Å²) in [5.74, 6) is 0. The van der Waals surface area contributed by atoms with Crippen LogP contribution in [0.1, 0.15) is 0 Å². The summed E-state index contributed by atoms with van der Waals surface area (Å²) in [6.07, 6.45) is 0. The second-order valence-corrected chi connectivity index (χ2v) is 3.35. The first kappa shape index (κ1) is 3.08. The van der Waals surface area contributed by atoms with Crippen LogP contribution in [0.15, 0.2) is 11.4 Å². The third kappa shape index (κ3) is 0.574. The maximum absolute atomic E-state index is 8.22. The summed E-state index contributed by atoms with van der Waals surface area (Å²) in [5.41, 5.74) is 2.88. The molecule has 2 nitrogen and oxygen atoms in total. The van der Waals surface area contributed by atoms with Gasteiger partial charge in [-0.05, 0) is 11.4 Å². The molecule has 1 aliphatic heterocycles. The van der Waals surface area contributed by atoms with Crippen molar-refractivity contribution in [3.8, 4) is 0 Å². The fourth-order valence-electron chi connectivity index (χ4n) is 0.0745. The van der Waals surface area contributed by atoms with Crippen LogP contribution in [0.25, 0.3) is 0 Å². The molecule has 0 fully saturated rings. The zero-order valence-electron chi connectivity index (χ0n) is 2.55. The van der Waals surface area contributed by atoms with Gasteiger partial charge in [0, 0.05) is 0 Å². The lowest BCUT2D eigenvalue weighted by Crippen LogP contribution is -2.13. The lowest BCUT2D eigenvalue weighted by molar-refractivity contribution is 0.410. The van der Waals surface area contributed by atoms with E-state index in [9.17, 15) is 0 Å². The molecule has 28 valence electrons. The number of hydrogen-bond donors (Lipinski definition) is 2. The normalized spacial score (nSPS) is 26.8. The molecule has 0 aromatic rings. The fourth-order valence-corrected chi connectivity index (χ4v) is 0.671. The largest absolute Gasteiger partial charge is 0.405 e. The Morgan fingerprint density at radius 1 is 1.20 bits per heavy atom. The molecule has 5 heavy (non-hydrogen) atoms. The lowest BCUT2D eigenvalue weighted by Gasteiger charge is -1.82. The van der Waals surface area contributed by atoms with Gasteiger partial charge in [0.2, 0.25) is 0 Å². The summed E-state index contributed by atoms with van der Waals surface area (Å²) in [4.78, 5) is 16.4. The van der Waals surface area contributed by atoms with Crippen molar-refractivity contribution in [1.29, 1.82) is 0 Å². The summed E-state index contributed by atoms with van der Waals surface area (Å²) in [6, 6.07) is 0. The van der Waals surface area contributed by atoms with Crippen LogP contribution in [0, 0.1) is 0 Å². The van der Waals surface area contributed by atoms with E-state index < -0.39 is 8.56 Å². The van der Waals surface area contributed by atoms with Gasteiger partial charge >= 0.3 is 8.56 Å². The smallest absolute Gasteiger partial charge is 0.385 e. The van der Waals surface area contributed by atoms with Crippen LogP contribution in [0.3, 0.4) is 0 Å². The van der Waals surface area contributed by atoms with Gasteiger partial charge < -0.3 is 9.59 Å². The zero-order valence-corrected chi connectivity index (χ0v) is 3.55. The van der Waals surface area contributed by atoms with Crippen molar-refractivity contribution in [3.05, 3.63) is 11.4 Å². The van der Waals surface area contributed by atoms with Crippen molar-refractivity contribution >= 4 is 8.56 Å². The predicted molar refractivity (Wildman–Crippen MR) is 19.3 cm³/mol. The van der Waals surface area contributed by atoms with E-state index in [4.69, 9.17) is 9.59 Å². The van der Waals surface area contributed by atoms with Crippen molar-refractivity contribution in [3.63, 3.8) is 0 Å². The lowest BCUT2D eigenvalue weighted by atomic mass is 11.3. The molecule has 1 aliphatic rings. The SMILES string of the molecule is O[Si]1(O)C=C1. The summed E-state index contributed by atoms with van der Waals surface area (Å²) < 4.78 is 0. The quantitative estimate of drug-likeness (QED) is 0.375. The van der Waals surface area contributed by atoms with Gasteiger partial charge in [0.05, 0.1) is 0 Å². The van der Waals surface area contributed by atoms with Crippen molar-refractivity contribution < 1.29 is 9.59 Å². The molecule has 0 bridgehead atoms. The maximum atomic E-state index is 8.22. The van der Waals surface area contributed by atoms with Crippen molar-refractivity contribution in [2.24, 2.45) is 0 Å². The number of rotatable bonds is 0. The average Bonchev–Trinajstić information content (AvgIpc) is 1.76. The van der Waals surface area contributed by atoms with Gasteiger partial charge in [-0.2, -0.15) is 0 Å². The van der Waals surface area contributed by atoms with Crippen LogP contribution in [0.5, 0.6) is 0 Å². The van der Waals surface area contributed by atoms with Gasteiger partial charge in [-0.25, -0.2) is 0 Å². The second kappa shape index (κ2) is 0.517. The molecule has 0 aromatic heterocycles. The van der Waals surface area contributed by atoms with Gasteiger partial charge in [0.25, 0.3) is 0 Å². The maximum Gasteiger partial charge on any atom is 0.385 e. The zero-order chi connectivity index (χ0) is 3.91. The first-order valence-corrected chi connectivity index (χ1v) is 3.41. The Morgan fingerprint density at radius 2 is 1.40 bits per heavy atom. The van der Waals surface area contributed by atoms with E-state index in [1.165, 1.54) is 11.4 Å². The minimum atomic E-state index is -2.61. The Kier molecular flexibility index (Phi) is 0.319. The molecule has 0 aromatic carbocycles. The van der Waals surface area contributed by atoms with Crippen LogP contribution in [-0.4, -0.2) is 18.2 Å². The third-order valence-electron chi connectivity index (χ3n) is 0.465. The molecule has 0 saturated heterocycles. The number of hydrogen-bond acceptors (Lipinski definition) is 2. The molecule has 0 aliphatic carbocycles. The molecule has 2 N–H and O–H groups in total. The summed E-state index contributed by atoms with van der Waals surface area (Å²) in [7, 11) is -2.61. The summed E-state index contributed by atoms with van der Waals surface area (Å²) in [5, 5.41) is 0. The van der Waals surface area contributed by atoms with Crippen LogP contribution in [-0.2, 0) is 0 Å². The molecule has 0 spiro atoms. The van der Waals surface area contributed by atoms with E-state index in [0.717, 1.165) is 0 Å². The van der Waals surface area contributed by atoms with Gasteiger partial charge in [-0.15, -0.1) is 0 Å². The molecular weight excluding hydrogens is 84.1 g/mol. The molecule has 0 saturated carbocycles. The topological polar surface area (TPSA) is 40.5 Å². The molecule has 1 rings (SSSR count). The van der Waals surface area contributed by atoms with Crippen molar-refractivity contribution in [2.75, 3.05) is 0 Å². The van der Waals surface area contributed by atoms with E-state index in [1.807, 2.05) is 0 Å². The fraction of sp³-hybridized carbons (Fsp3) is 0. The Balaban J connectivity index is 2.47. The summed E-state index contributed by atoms with van der Waals surface area (Å²) >= 11 is 0. The van der Waals surface area contributed by atoms with E-state index in [1.54, 1.807) is 0 Å². The summed E-state index contributed by atoms with van der Waals surface area (Å²) in [6.45, 7) is 0. The van der Waals surface area contributed by atoms with Gasteiger partial charge in [-0.1, -0.05) is 0 Å². The predicted octanol–water partition coefficient (Wildman–Crippen LogP) is -0.939. The highest BCUT2D eigenvalue weighted by atomic mass is 28.4. The van der Waals surface area contributed by atoms with Crippen LogP contribution in [0.4, 0.5) is 0 Å². The monoisotopic (exact) mass is 88.0 g/mol. The average molecular weight is 88.1 g/mol. The Bertz CT molecular complexity index is 67.7. The van der Waals surface area contributed by atoms with E-state index >= 15 is 0 Å². The molecule has 0 atom stereocenters. The minimum Gasteiger partial charge on any atom is -0.405 e. The molecule has 1 heterocycles. The van der Waals surface area contributed by atoms with Gasteiger partial charge in [-0.3, -0.25) is 0 Å². The standard InChI is InChI=1S/C2H4O2Si/c3-5(4)1-2-5/h1-4H. The minimum absolute atomic E-state index is 1.44. The van der Waals surface area contributed by atoms with E-state index in [-0.39, 0.29) is 0 Å². The Labute approximate surface area is 30.6 Å². The first-order valence-electron chi connectivity index (χ1n) is 1.36. The molecule has 0 unspecified atom stereocenters. The molecule has 0 amide bonds. The highest BCUT2D eigenvalue weighted by Gasteiger charge is 2.32. The molecular formula is C2H4O2Si. The van der Waals surface area contributed by atoms with Crippen molar-refractivity contribution in [1.82, 2.24) is 0 Å². The highest BCUT2D eigenvalue weighted by molar-refractivity contribution is 6.85. The van der Waals surface area contributed by atoms with E-state index in [2.05, 4.69) is 0 Å². The third-order valence-corrected chi connectivity index (χ3v) is 1.39. The first-order chi connectivity index (χ1) is 2.21. The van der Waals surface area contributed by atoms with Crippen LogP contribution >= 0.6 is 0 Å². The van der Waals surface area contributed by atoms with E-state index in [0.29, 0.717) is 0 Å². The Hall–Kier alpha value is -0.123. The van der Waals surface area contributed by atoms with Crippen LogP contribution < -0.4 is 0 Å². The van der Waals surface area contributed by atoms with Crippen LogP contribution in [0.2, 0.25) is 0 Å². The van der Waals surface area contributed by atoms with Gasteiger partial charge in [0.15, 0.2) is 0 Å². The second-order valence-electron chi connectivity index (χ2n) is 1.12. The van der Waals surface area contributed by atoms with Gasteiger partial charge in [0.1, 0.15) is 0 Å². The Morgan fingerprint density at radius 3 is 1.40 bits per heavy atom.